The second-order valence-electron chi connectivity index (χ2n) is 2.48. The zero-order valence-electron chi connectivity index (χ0n) is 7.62. The Kier molecular flexibility index (Phi) is 5.92. The van der Waals surface area contributed by atoms with Crippen LogP contribution in [0.5, 0.6) is 0 Å². The predicted molar refractivity (Wildman–Crippen MR) is 48.4 cm³/mol. The van der Waals surface area contributed by atoms with E-state index in [4.69, 9.17) is 0 Å². The van der Waals surface area contributed by atoms with Crippen molar-refractivity contribution in [3.63, 3.8) is 0 Å². The molecule has 0 saturated carbocycles. The minimum atomic E-state index is -0.812. The fraction of sp³-hybridized carbons (Fsp3) is 0.857. The van der Waals surface area contributed by atoms with Crippen molar-refractivity contribution < 1.29 is 13.7 Å². The van der Waals surface area contributed by atoms with E-state index < -0.39 is 10.8 Å². The first kappa shape index (κ1) is 11.6. The molecule has 0 heterocycles. The summed E-state index contributed by atoms with van der Waals surface area (Å²) >= 11 is 0. The number of rotatable bonds is 5. The van der Waals surface area contributed by atoms with Crippen molar-refractivity contribution in [3.05, 3.63) is 0 Å². The molecule has 5 heteroatoms. The lowest BCUT2D eigenvalue weighted by Gasteiger charge is -2.09. The van der Waals surface area contributed by atoms with Crippen LogP contribution in [-0.4, -0.2) is 41.9 Å². The van der Waals surface area contributed by atoms with Gasteiger partial charge >= 0.3 is 5.97 Å². The van der Waals surface area contributed by atoms with Gasteiger partial charge in [0.05, 0.1) is 7.11 Å². The third kappa shape index (κ3) is 5.26. The van der Waals surface area contributed by atoms with Gasteiger partial charge in [-0.15, -0.1) is 0 Å². The first-order chi connectivity index (χ1) is 5.57. The average Bonchev–Trinajstić information content (AvgIpc) is 2.02. The van der Waals surface area contributed by atoms with E-state index in [-0.39, 0.29) is 12.0 Å². The highest BCUT2D eigenvalue weighted by atomic mass is 32.2. The van der Waals surface area contributed by atoms with Crippen LogP contribution in [-0.2, 0) is 20.3 Å². The minimum absolute atomic E-state index is 0.295. The summed E-state index contributed by atoms with van der Waals surface area (Å²) in [6.45, 7) is 2.28. The summed E-state index contributed by atoms with van der Waals surface area (Å²) in [6, 6.07) is -0.321. The van der Waals surface area contributed by atoms with Crippen LogP contribution in [0.4, 0.5) is 0 Å². The number of ether oxygens (including phenoxy) is 1. The summed E-state index contributed by atoms with van der Waals surface area (Å²) in [5.41, 5.74) is 0. The van der Waals surface area contributed by atoms with Crippen LogP contribution in [0.25, 0.3) is 0 Å². The van der Waals surface area contributed by atoms with Gasteiger partial charge in [-0.25, -0.2) is 0 Å². The highest BCUT2D eigenvalue weighted by molar-refractivity contribution is 7.84. The van der Waals surface area contributed by atoms with Gasteiger partial charge in [0.2, 0.25) is 0 Å². The molecule has 0 bridgehead atoms. The summed E-state index contributed by atoms with van der Waals surface area (Å²) in [4.78, 5) is 10.8. The van der Waals surface area contributed by atoms with Crippen LogP contribution in [0.15, 0.2) is 0 Å². The normalized spacial score (nSPS) is 15.2. The number of methoxy groups -OCH3 is 1. The molecule has 0 saturated heterocycles. The Morgan fingerprint density at radius 3 is 2.67 bits per heavy atom. The molecule has 12 heavy (non-hydrogen) atoms. The van der Waals surface area contributed by atoms with Crippen molar-refractivity contribution in [1.82, 2.24) is 5.32 Å². The highest BCUT2D eigenvalue weighted by Gasteiger charge is 2.10. The van der Waals surface area contributed by atoms with Crippen LogP contribution in [0.1, 0.15) is 6.92 Å². The molecule has 0 aliphatic heterocycles. The first-order valence-electron chi connectivity index (χ1n) is 3.69. The lowest BCUT2D eigenvalue weighted by atomic mass is 10.3. The Morgan fingerprint density at radius 2 is 2.25 bits per heavy atom. The first-order valence-corrected chi connectivity index (χ1v) is 5.42. The zero-order chi connectivity index (χ0) is 9.56. The van der Waals surface area contributed by atoms with Gasteiger partial charge in [0.15, 0.2) is 0 Å². The molecule has 0 aromatic carbocycles. The lowest BCUT2D eigenvalue weighted by Crippen LogP contribution is -2.36. The Labute approximate surface area is 75.1 Å². The van der Waals surface area contributed by atoms with E-state index in [1.807, 2.05) is 0 Å². The Balaban J connectivity index is 3.50. The molecule has 2 atom stereocenters. The fourth-order valence-corrected chi connectivity index (χ4v) is 1.08. The van der Waals surface area contributed by atoms with Crippen LogP contribution < -0.4 is 5.32 Å². The number of esters is 1. The van der Waals surface area contributed by atoms with Crippen LogP contribution in [0.2, 0.25) is 0 Å². The Morgan fingerprint density at radius 1 is 1.67 bits per heavy atom. The van der Waals surface area contributed by atoms with Crippen LogP contribution >= 0.6 is 0 Å². The number of carbonyl (C=O) groups excluding carboxylic acids is 1. The van der Waals surface area contributed by atoms with Crippen molar-refractivity contribution in [1.29, 1.82) is 0 Å². The van der Waals surface area contributed by atoms with Crippen molar-refractivity contribution >= 4 is 16.8 Å². The van der Waals surface area contributed by atoms with Crippen molar-refractivity contribution in [3.8, 4) is 0 Å². The smallest absolute Gasteiger partial charge is 0.322 e. The molecule has 0 aromatic rings. The number of nitrogens with one attached hydrogen (secondary N) is 1. The molecule has 4 nitrogen and oxygen atoms in total. The van der Waals surface area contributed by atoms with Gasteiger partial charge in [-0.05, 0) is 6.92 Å². The standard InChI is InChI=1S/C7H15NO3S/c1-6(7(9)11-2)8-4-5-12(3)10/h6,8H,4-5H2,1-3H3. The van der Waals surface area contributed by atoms with Gasteiger partial charge in [-0.2, -0.15) is 0 Å². The summed E-state index contributed by atoms with van der Waals surface area (Å²) < 4.78 is 15.1. The zero-order valence-corrected chi connectivity index (χ0v) is 8.44. The van der Waals surface area contributed by atoms with Crippen LogP contribution in [0, 0.1) is 0 Å². The second kappa shape index (κ2) is 6.14. The lowest BCUT2D eigenvalue weighted by molar-refractivity contribution is -0.142. The maximum Gasteiger partial charge on any atom is 0.322 e. The second-order valence-corrected chi connectivity index (χ2v) is 4.03. The third-order valence-corrected chi connectivity index (χ3v) is 2.17. The maximum absolute atomic E-state index is 10.8. The quantitative estimate of drug-likeness (QED) is 0.599. The number of carbonyl (C=O) groups is 1. The largest absolute Gasteiger partial charge is 0.468 e. The number of hydrogen-bond acceptors (Lipinski definition) is 4. The van der Waals surface area contributed by atoms with Crippen LogP contribution in [0.3, 0.4) is 0 Å². The monoisotopic (exact) mass is 193 g/mol. The van der Waals surface area contributed by atoms with E-state index in [2.05, 4.69) is 10.1 Å². The van der Waals surface area contributed by atoms with E-state index in [0.717, 1.165) is 0 Å². The molecule has 0 rings (SSSR count). The molecule has 72 valence electrons. The molecular weight excluding hydrogens is 178 g/mol. The topological polar surface area (TPSA) is 55.4 Å². The summed E-state index contributed by atoms with van der Waals surface area (Å²) in [7, 11) is 0.534. The van der Waals surface area contributed by atoms with Gasteiger partial charge in [-0.1, -0.05) is 0 Å². The van der Waals surface area contributed by atoms with E-state index >= 15 is 0 Å². The van der Waals surface area contributed by atoms with Crippen molar-refractivity contribution in [2.75, 3.05) is 25.7 Å². The predicted octanol–water partition coefficient (Wildman–Crippen LogP) is -0.484. The van der Waals surface area contributed by atoms with Gasteiger partial charge < -0.3 is 10.1 Å². The Bertz CT molecular complexity index is 172. The molecule has 0 spiro atoms. The summed E-state index contributed by atoms with van der Waals surface area (Å²) in [5, 5.41) is 2.90. The molecule has 2 unspecified atom stereocenters. The van der Waals surface area contributed by atoms with E-state index in [9.17, 15) is 9.00 Å². The van der Waals surface area contributed by atoms with E-state index in [1.165, 1.54) is 7.11 Å². The third-order valence-electron chi connectivity index (χ3n) is 1.39. The van der Waals surface area contributed by atoms with Gasteiger partial charge in [0.25, 0.3) is 0 Å². The molecule has 1 N–H and O–H groups in total. The molecule has 0 aliphatic carbocycles. The summed E-state index contributed by atoms with van der Waals surface area (Å²) in [5.74, 6) is 0.262. The van der Waals surface area contributed by atoms with Gasteiger partial charge in [0, 0.05) is 29.4 Å². The molecule has 0 aliphatic rings. The summed E-state index contributed by atoms with van der Waals surface area (Å²) in [6.07, 6.45) is 1.63. The van der Waals surface area contributed by atoms with Crippen molar-refractivity contribution in [2.45, 2.75) is 13.0 Å². The SMILES string of the molecule is COC(=O)C(C)NCCS(C)=O. The highest BCUT2D eigenvalue weighted by Crippen LogP contribution is 1.84. The molecule has 0 fully saturated rings. The fourth-order valence-electron chi connectivity index (χ4n) is 0.679. The minimum Gasteiger partial charge on any atom is -0.468 e. The Hall–Kier alpha value is -0.420. The van der Waals surface area contributed by atoms with E-state index in [0.29, 0.717) is 12.3 Å². The van der Waals surface area contributed by atoms with Gasteiger partial charge in [0.1, 0.15) is 6.04 Å². The average molecular weight is 193 g/mol. The molecule has 0 aromatic heterocycles. The molecular formula is C7H15NO3S. The molecule has 0 radical (unpaired) electrons. The number of hydrogen-bond donors (Lipinski definition) is 1. The molecule has 0 amide bonds. The van der Waals surface area contributed by atoms with Gasteiger partial charge in [-0.3, -0.25) is 9.00 Å². The van der Waals surface area contributed by atoms with Crippen molar-refractivity contribution in [2.24, 2.45) is 0 Å². The maximum atomic E-state index is 10.8. The van der Waals surface area contributed by atoms with E-state index in [1.54, 1.807) is 13.2 Å².